The molecule has 0 unspecified atom stereocenters. The molecule has 1 aromatic heterocycles. The number of aromatic nitrogens is 3. The van der Waals surface area contributed by atoms with Gasteiger partial charge in [-0.2, -0.15) is 13.2 Å². The van der Waals surface area contributed by atoms with Crippen molar-refractivity contribution in [2.45, 2.75) is 75.4 Å². The Labute approximate surface area is 233 Å². The molecule has 2 saturated carbocycles. The molecule has 2 aliphatic carbocycles. The molecule has 41 heavy (non-hydrogen) atoms. The summed E-state index contributed by atoms with van der Waals surface area (Å²) in [6, 6.07) is 9.20. The lowest BCUT2D eigenvalue weighted by molar-refractivity contribution is -0.138. The number of halogens is 4. The number of carboxylic acid groups (broad SMARTS) is 1. The van der Waals surface area contributed by atoms with Crippen LogP contribution in [0.1, 0.15) is 77.5 Å². The van der Waals surface area contributed by atoms with Gasteiger partial charge in [0.1, 0.15) is 18.3 Å². The minimum absolute atomic E-state index is 0.0974. The normalized spacial score (nSPS) is 23.1. The summed E-state index contributed by atoms with van der Waals surface area (Å²) in [5.41, 5.74) is -1.42. The molecule has 2 aromatic carbocycles. The van der Waals surface area contributed by atoms with Crippen LogP contribution in [-0.2, 0) is 31.7 Å². The average molecular weight is 572 g/mol. The summed E-state index contributed by atoms with van der Waals surface area (Å²) in [7, 11) is 1.76. The van der Waals surface area contributed by atoms with Crippen LogP contribution in [0.2, 0.25) is 0 Å². The van der Waals surface area contributed by atoms with Gasteiger partial charge in [-0.25, -0.2) is 9.18 Å². The fourth-order valence-electron chi connectivity index (χ4n) is 6.58. The van der Waals surface area contributed by atoms with E-state index in [2.05, 4.69) is 10.2 Å². The van der Waals surface area contributed by atoms with E-state index in [4.69, 9.17) is 0 Å². The number of benzene rings is 2. The highest BCUT2D eigenvalue weighted by molar-refractivity contribution is 6.10. The number of hydrogen-bond acceptors (Lipinski definition) is 4. The molecule has 0 atom stereocenters. The quantitative estimate of drug-likeness (QED) is 0.376. The van der Waals surface area contributed by atoms with Crippen molar-refractivity contribution in [2.75, 3.05) is 4.90 Å². The highest BCUT2D eigenvalue weighted by Gasteiger charge is 2.51. The Bertz CT molecular complexity index is 1540. The maximum Gasteiger partial charge on any atom is 0.416 e. The van der Waals surface area contributed by atoms with Crippen molar-refractivity contribution in [3.05, 3.63) is 76.4 Å². The smallest absolute Gasteiger partial charge is 0.416 e. The van der Waals surface area contributed by atoms with Crippen molar-refractivity contribution >= 4 is 17.7 Å². The third-order valence-electron chi connectivity index (χ3n) is 9.05. The number of carbonyl (C=O) groups excluding carboxylic acids is 1. The van der Waals surface area contributed by atoms with Crippen LogP contribution in [0, 0.1) is 0 Å². The molecule has 3 aliphatic rings. The first-order valence-corrected chi connectivity index (χ1v) is 13.5. The number of aryl methyl sites for hydroxylation is 1. The van der Waals surface area contributed by atoms with Crippen LogP contribution in [0.25, 0.3) is 0 Å². The molecule has 2 heterocycles. The largest absolute Gasteiger partial charge is 0.465 e. The molecule has 0 spiro atoms. The van der Waals surface area contributed by atoms with Crippen molar-refractivity contribution in [3.63, 3.8) is 0 Å². The van der Waals surface area contributed by atoms with Crippen LogP contribution in [0.3, 0.4) is 0 Å². The number of fused-ring (bicyclic) bond motifs is 1. The van der Waals surface area contributed by atoms with Crippen LogP contribution in [-0.4, -0.2) is 48.5 Å². The lowest BCUT2D eigenvalue weighted by atomic mass is 9.62. The van der Waals surface area contributed by atoms with Gasteiger partial charge in [-0.15, -0.1) is 10.2 Å². The fourth-order valence-corrected chi connectivity index (χ4v) is 6.58. The summed E-state index contributed by atoms with van der Waals surface area (Å²) in [5, 5.41) is 18.0. The second-order valence-electron chi connectivity index (χ2n) is 11.7. The number of nitrogens with zero attached hydrogens (tertiary/aromatic N) is 5. The number of alkyl halides is 4. The topological polar surface area (TPSA) is 91.6 Å². The first-order chi connectivity index (χ1) is 19.3. The summed E-state index contributed by atoms with van der Waals surface area (Å²) in [6.07, 6.45) is -3.02. The van der Waals surface area contributed by atoms with Gasteiger partial charge in [0.05, 0.1) is 17.5 Å². The maximum atomic E-state index is 14.3. The molecule has 12 heteroatoms. The first kappa shape index (κ1) is 27.2. The molecular formula is C29H29F4N5O3. The third-order valence-corrected chi connectivity index (χ3v) is 9.05. The lowest BCUT2D eigenvalue weighted by Crippen LogP contribution is -2.53. The predicted molar refractivity (Wildman–Crippen MR) is 140 cm³/mol. The molecule has 1 N–H and O–H groups in total. The van der Waals surface area contributed by atoms with Gasteiger partial charge in [-0.3, -0.25) is 9.69 Å². The molecule has 2 amide bonds. The highest BCUT2D eigenvalue weighted by atomic mass is 19.4. The first-order valence-electron chi connectivity index (χ1n) is 13.5. The molecule has 216 valence electrons. The molecule has 1 aliphatic heterocycles. The third kappa shape index (κ3) is 4.34. The summed E-state index contributed by atoms with van der Waals surface area (Å²) >= 11 is 0. The number of amides is 2. The summed E-state index contributed by atoms with van der Waals surface area (Å²) in [5.74, 6) is -0.0300. The van der Waals surface area contributed by atoms with E-state index in [1.165, 1.54) is 22.2 Å². The van der Waals surface area contributed by atoms with Crippen LogP contribution in [0.4, 0.5) is 28.0 Å². The van der Waals surface area contributed by atoms with Gasteiger partial charge in [-0.05, 0) is 80.0 Å². The van der Waals surface area contributed by atoms with E-state index in [-0.39, 0.29) is 42.6 Å². The van der Waals surface area contributed by atoms with E-state index < -0.39 is 40.9 Å². The van der Waals surface area contributed by atoms with Crippen molar-refractivity contribution in [2.24, 2.45) is 7.05 Å². The number of carbonyl (C=O) groups is 2. The number of anilines is 1. The van der Waals surface area contributed by atoms with Gasteiger partial charge < -0.3 is 14.6 Å². The minimum atomic E-state index is -4.75. The van der Waals surface area contributed by atoms with Gasteiger partial charge in [0.15, 0.2) is 0 Å². The van der Waals surface area contributed by atoms with E-state index in [0.29, 0.717) is 29.9 Å². The van der Waals surface area contributed by atoms with Crippen LogP contribution < -0.4 is 4.90 Å². The van der Waals surface area contributed by atoms with E-state index in [0.717, 1.165) is 12.5 Å². The molecule has 0 radical (unpaired) electrons. The SMILES string of the molecule is Cn1cnnc1[C@]1(c2cccc(N3Cc4c(cc(CN(C(=O)O)C5(C)CCC5)cc4C(F)(F)F)C3=O)c2)C[C@H](F)C1. The Morgan fingerprint density at radius 2 is 1.93 bits per heavy atom. The van der Waals surface area contributed by atoms with E-state index in [1.54, 1.807) is 42.8 Å². The molecular weight excluding hydrogens is 542 g/mol. The van der Waals surface area contributed by atoms with Gasteiger partial charge in [0.25, 0.3) is 5.91 Å². The number of hydrogen-bond donors (Lipinski definition) is 1. The standard InChI is InChI=1S/C29H29F4N5O3/c1-27(7-4-8-27)38(26(40)41)14-17-9-21-22(23(10-17)29(31,32)33)15-37(24(21)39)20-6-3-5-18(11-20)28(12-19(30)13-28)25-35-34-16-36(25)2/h3,5-6,9-11,16,19H,4,7-8,12-15H2,1-2H3,(H,40,41)/t19-,28+. The lowest BCUT2D eigenvalue weighted by Gasteiger charge is -2.46. The van der Waals surface area contributed by atoms with Gasteiger partial charge in [-0.1, -0.05) is 12.1 Å². The molecule has 3 aromatic rings. The molecule has 0 saturated heterocycles. The molecule has 2 fully saturated rings. The monoisotopic (exact) mass is 571 g/mol. The zero-order valence-corrected chi connectivity index (χ0v) is 22.6. The Morgan fingerprint density at radius 3 is 2.49 bits per heavy atom. The Morgan fingerprint density at radius 1 is 1.20 bits per heavy atom. The van der Waals surface area contributed by atoms with Gasteiger partial charge in [0.2, 0.25) is 0 Å². The average Bonchev–Trinajstić information content (AvgIpc) is 3.46. The zero-order chi connectivity index (χ0) is 29.3. The summed E-state index contributed by atoms with van der Waals surface area (Å²) < 4.78 is 58.8. The maximum absolute atomic E-state index is 14.3. The second-order valence-corrected chi connectivity index (χ2v) is 11.7. The van der Waals surface area contributed by atoms with Crippen molar-refractivity contribution in [1.29, 1.82) is 0 Å². The molecule has 8 nitrogen and oxygen atoms in total. The molecule has 6 rings (SSSR count). The van der Waals surface area contributed by atoms with Gasteiger partial charge >= 0.3 is 12.3 Å². The van der Waals surface area contributed by atoms with E-state index in [9.17, 15) is 32.3 Å². The van der Waals surface area contributed by atoms with Crippen LogP contribution in [0.5, 0.6) is 0 Å². The molecule has 0 bridgehead atoms. The summed E-state index contributed by atoms with van der Waals surface area (Å²) in [6.45, 7) is 1.23. The Balaban J connectivity index is 1.37. The van der Waals surface area contributed by atoms with Gasteiger partial charge in [0, 0.05) is 30.4 Å². The Hall–Kier alpha value is -3.96. The predicted octanol–water partition coefficient (Wildman–Crippen LogP) is 5.83. The van der Waals surface area contributed by atoms with E-state index in [1.807, 2.05) is 0 Å². The number of rotatable bonds is 6. The van der Waals surface area contributed by atoms with Crippen molar-refractivity contribution < 1.29 is 32.3 Å². The zero-order valence-electron chi connectivity index (χ0n) is 22.6. The Kier molecular flexibility index (Phi) is 6.16. The van der Waals surface area contributed by atoms with Crippen LogP contribution in [0.15, 0.2) is 42.7 Å². The van der Waals surface area contributed by atoms with Crippen molar-refractivity contribution in [1.82, 2.24) is 19.7 Å². The summed E-state index contributed by atoms with van der Waals surface area (Å²) in [4.78, 5) is 28.1. The van der Waals surface area contributed by atoms with Crippen LogP contribution >= 0.6 is 0 Å². The second kappa shape index (κ2) is 9.28. The fraction of sp³-hybridized carbons (Fsp3) is 0.448. The minimum Gasteiger partial charge on any atom is -0.465 e. The van der Waals surface area contributed by atoms with Crippen molar-refractivity contribution in [3.8, 4) is 0 Å². The highest BCUT2D eigenvalue weighted by Crippen LogP contribution is 2.50. The van der Waals surface area contributed by atoms with E-state index >= 15 is 0 Å².